The van der Waals surface area contributed by atoms with Crippen LogP contribution in [-0.4, -0.2) is 13.1 Å². The molecule has 0 aromatic heterocycles. The maximum absolute atomic E-state index is 8.54. The van der Waals surface area contributed by atoms with Crippen LogP contribution < -0.4 is 5.32 Å². The largest absolute Gasteiger partial charge is 0.315 e. The van der Waals surface area contributed by atoms with Gasteiger partial charge in [0.2, 0.25) is 0 Å². The topological polar surface area (TPSA) is 35.8 Å². The summed E-state index contributed by atoms with van der Waals surface area (Å²) in [7, 11) is 0. The minimum atomic E-state index is 0.629. The molecule has 2 nitrogen and oxygen atoms in total. The van der Waals surface area contributed by atoms with E-state index in [1.807, 2.05) is 0 Å². The minimum Gasteiger partial charge on any atom is -0.315 e. The molecule has 4 bridgehead atoms. The molecule has 0 aromatic carbocycles. The molecule has 0 spiro atoms. The van der Waals surface area contributed by atoms with Crippen molar-refractivity contribution in [2.45, 2.75) is 44.9 Å². The van der Waals surface area contributed by atoms with E-state index in [0.29, 0.717) is 11.8 Å². The summed E-state index contributed by atoms with van der Waals surface area (Å²) >= 11 is 0. The van der Waals surface area contributed by atoms with Crippen LogP contribution in [0.3, 0.4) is 0 Å². The summed E-state index contributed by atoms with van der Waals surface area (Å²) in [5.41, 5.74) is 0.629. The molecule has 0 saturated heterocycles. The molecule has 4 aliphatic rings. The monoisotopic (exact) mass is 218 g/mol. The molecule has 0 aliphatic heterocycles. The molecule has 0 heterocycles. The molecule has 16 heavy (non-hydrogen) atoms. The first kappa shape index (κ1) is 10.6. The Morgan fingerprint density at radius 1 is 1.06 bits per heavy atom. The molecule has 0 atom stereocenters. The predicted octanol–water partition coefficient (Wildman–Crippen LogP) is 2.71. The van der Waals surface area contributed by atoms with E-state index in [-0.39, 0.29) is 0 Å². The first-order valence-electron chi connectivity index (χ1n) is 6.87. The van der Waals surface area contributed by atoms with E-state index >= 15 is 0 Å². The molecule has 2 heteroatoms. The molecule has 88 valence electrons. The van der Waals surface area contributed by atoms with Gasteiger partial charge in [-0.2, -0.15) is 5.26 Å². The Kier molecular flexibility index (Phi) is 2.67. The van der Waals surface area contributed by atoms with Gasteiger partial charge in [-0.1, -0.05) is 0 Å². The van der Waals surface area contributed by atoms with Crippen LogP contribution >= 0.6 is 0 Å². The van der Waals surface area contributed by atoms with Crippen LogP contribution in [0.1, 0.15) is 44.9 Å². The van der Waals surface area contributed by atoms with E-state index in [1.165, 1.54) is 45.1 Å². The van der Waals surface area contributed by atoms with Gasteiger partial charge in [0.1, 0.15) is 0 Å². The molecule has 4 saturated carbocycles. The smallest absolute Gasteiger partial charge is 0.0635 e. The highest BCUT2D eigenvalue weighted by molar-refractivity contribution is 5.02. The molecule has 0 aromatic rings. The number of nitrogens with zero attached hydrogens (tertiary/aromatic N) is 1. The lowest BCUT2D eigenvalue weighted by Crippen LogP contribution is -2.50. The summed E-state index contributed by atoms with van der Waals surface area (Å²) in [5, 5.41) is 12.1. The number of hydrogen-bond donors (Lipinski definition) is 1. The third-order valence-corrected chi connectivity index (χ3v) is 5.08. The van der Waals surface area contributed by atoms with Gasteiger partial charge in [0, 0.05) is 19.5 Å². The zero-order valence-electron chi connectivity index (χ0n) is 10.0. The Morgan fingerprint density at radius 3 is 2.12 bits per heavy atom. The third-order valence-electron chi connectivity index (χ3n) is 5.08. The van der Waals surface area contributed by atoms with Gasteiger partial charge in [-0.3, -0.25) is 0 Å². The average molecular weight is 218 g/mol. The lowest BCUT2D eigenvalue weighted by Gasteiger charge is -2.57. The van der Waals surface area contributed by atoms with Crippen LogP contribution in [0.25, 0.3) is 0 Å². The Labute approximate surface area is 98.4 Å². The van der Waals surface area contributed by atoms with Gasteiger partial charge < -0.3 is 5.32 Å². The van der Waals surface area contributed by atoms with Crippen LogP contribution in [0.2, 0.25) is 0 Å². The number of nitriles is 1. The van der Waals surface area contributed by atoms with Crippen molar-refractivity contribution in [3.63, 3.8) is 0 Å². The van der Waals surface area contributed by atoms with E-state index in [1.54, 1.807) is 0 Å². The molecule has 0 amide bonds. The zero-order valence-corrected chi connectivity index (χ0v) is 10.0. The lowest BCUT2D eigenvalue weighted by molar-refractivity contribution is -0.0511. The van der Waals surface area contributed by atoms with Crippen molar-refractivity contribution in [2.24, 2.45) is 23.2 Å². The average Bonchev–Trinajstić information content (AvgIpc) is 2.22. The highest BCUT2D eigenvalue weighted by atomic mass is 14.9. The summed E-state index contributed by atoms with van der Waals surface area (Å²) in [6.07, 6.45) is 9.65. The Bertz CT molecular complexity index is 267. The van der Waals surface area contributed by atoms with Gasteiger partial charge >= 0.3 is 0 Å². The van der Waals surface area contributed by atoms with E-state index in [0.717, 1.165) is 24.3 Å². The van der Waals surface area contributed by atoms with Crippen LogP contribution in [0, 0.1) is 34.5 Å². The normalized spacial score (nSPS) is 44.6. The molecule has 4 fully saturated rings. The van der Waals surface area contributed by atoms with Gasteiger partial charge in [-0.25, -0.2) is 0 Å². The van der Waals surface area contributed by atoms with Crippen molar-refractivity contribution in [1.29, 1.82) is 5.26 Å². The molecule has 4 aliphatic carbocycles. The summed E-state index contributed by atoms with van der Waals surface area (Å²) in [4.78, 5) is 0. The van der Waals surface area contributed by atoms with Crippen molar-refractivity contribution in [3.8, 4) is 6.07 Å². The van der Waals surface area contributed by atoms with Gasteiger partial charge in [0.15, 0.2) is 0 Å². The van der Waals surface area contributed by atoms with E-state index in [2.05, 4.69) is 11.4 Å². The van der Waals surface area contributed by atoms with Crippen LogP contribution in [0.5, 0.6) is 0 Å². The van der Waals surface area contributed by atoms with Crippen LogP contribution in [-0.2, 0) is 0 Å². The first-order chi connectivity index (χ1) is 7.80. The van der Waals surface area contributed by atoms with E-state index < -0.39 is 0 Å². The quantitative estimate of drug-likeness (QED) is 0.736. The highest BCUT2D eigenvalue weighted by Crippen LogP contribution is 2.59. The van der Waals surface area contributed by atoms with Crippen molar-refractivity contribution in [1.82, 2.24) is 5.32 Å². The summed E-state index contributed by atoms with van der Waals surface area (Å²) in [5.74, 6) is 3.14. The van der Waals surface area contributed by atoms with Gasteiger partial charge in [0.05, 0.1) is 6.07 Å². The predicted molar refractivity (Wildman–Crippen MR) is 63.7 cm³/mol. The maximum atomic E-state index is 8.54. The highest BCUT2D eigenvalue weighted by Gasteiger charge is 2.50. The Hall–Kier alpha value is -0.550. The fourth-order valence-electron chi connectivity index (χ4n) is 5.00. The van der Waals surface area contributed by atoms with Gasteiger partial charge in [-0.15, -0.1) is 0 Å². The Morgan fingerprint density at radius 2 is 1.62 bits per heavy atom. The molecular formula is C14H22N2. The van der Waals surface area contributed by atoms with Crippen molar-refractivity contribution < 1.29 is 0 Å². The minimum absolute atomic E-state index is 0.629. The van der Waals surface area contributed by atoms with Crippen molar-refractivity contribution >= 4 is 0 Å². The Balaban J connectivity index is 1.59. The van der Waals surface area contributed by atoms with Crippen LogP contribution in [0.15, 0.2) is 0 Å². The number of hydrogen-bond acceptors (Lipinski definition) is 2. The molecule has 4 rings (SSSR count). The second-order valence-corrected chi connectivity index (χ2v) is 6.50. The summed E-state index contributed by atoms with van der Waals surface area (Å²) in [6, 6.07) is 2.21. The van der Waals surface area contributed by atoms with Crippen molar-refractivity contribution in [3.05, 3.63) is 0 Å². The standard InChI is InChI=1S/C14H22N2/c15-2-1-3-16-10-14-7-11-4-12(8-14)6-13(5-11)9-14/h11-13,16H,1,3-10H2. The van der Waals surface area contributed by atoms with E-state index in [4.69, 9.17) is 5.26 Å². The van der Waals surface area contributed by atoms with Gasteiger partial charge in [0.25, 0.3) is 0 Å². The molecule has 0 unspecified atom stereocenters. The zero-order chi connectivity index (χ0) is 11.0. The summed E-state index contributed by atoms with van der Waals surface area (Å²) in [6.45, 7) is 2.07. The second kappa shape index (κ2) is 4.04. The lowest BCUT2D eigenvalue weighted by atomic mass is 9.49. The maximum Gasteiger partial charge on any atom is 0.0635 e. The molecule has 1 N–H and O–H groups in total. The summed E-state index contributed by atoms with van der Waals surface area (Å²) < 4.78 is 0. The van der Waals surface area contributed by atoms with E-state index in [9.17, 15) is 0 Å². The fourth-order valence-corrected chi connectivity index (χ4v) is 5.00. The van der Waals surface area contributed by atoms with Crippen molar-refractivity contribution in [2.75, 3.05) is 13.1 Å². The fraction of sp³-hybridized carbons (Fsp3) is 0.929. The van der Waals surface area contributed by atoms with Gasteiger partial charge in [-0.05, 0) is 61.7 Å². The molecular weight excluding hydrogens is 196 g/mol. The third kappa shape index (κ3) is 1.86. The second-order valence-electron chi connectivity index (χ2n) is 6.50. The van der Waals surface area contributed by atoms with Crippen LogP contribution in [0.4, 0.5) is 0 Å². The number of rotatable bonds is 4. The number of nitrogens with one attached hydrogen (secondary N) is 1. The molecule has 0 radical (unpaired) electrons. The first-order valence-corrected chi connectivity index (χ1v) is 6.87. The SMILES string of the molecule is N#CCCNCC12CC3CC(CC(C3)C1)C2.